The number of carbonyl (C=O) groups is 1. The molecule has 1 atom stereocenters. The quantitative estimate of drug-likeness (QED) is 0.846. The first-order chi connectivity index (χ1) is 8.61. The van der Waals surface area contributed by atoms with E-state index in [2.05, 4.69) is 4.98 Å². The van der Waals surface area contributed by atoms with E-state index in [-0.39, 0.29) is 6.42 Å². The molecular formula is C13H14N2O3. The molecule has 1 heterocycles. The summed E-state index contributed by atoms with van der Waals surface area (Å²) >= 11 is 0. The minimum Gasteiger partial charge on any atom is -0.497 e. The molecule has 2 aromatic rings. The molecule has 1 unspecified atom stereocenters. The van der Waals surface area contributed by atoms with Crippen LogP contribution in [0, 0.1) is 0 Å². The number of aromatic nitrogens is 1. The molecule has 0 spiro atoms. The van der Waals surface area contributed by atoms with E-state index in [9.17, 15) is 4.79 Å². The third-order valence-electron chi connectivity index (χ3n) is 2.80. The predicted octanol–water partition coefficient (Wildman–Crippen LogP) is 1.20. The van der Waals surface area contributed by atoms with Gasteiger partial charge in [0.05, 0.1) is 12.6 Å². The van der Waals surface area contributed by atoms with E-state index in [0.717, 1.165) is 22.2 Å². The number of carboxylic acids is 1. The first-order valence-electron chi connectivity index (χ1n) is 5.52. The van der Waals surface area contributed by atoms with Gasteiger partial charge in [0.15, 0.2) is 0 Å². The fraction of sp³-hybridized carbons (Fsp3) is 0.231. The second-order valence-corrected chi connectivity index (χ2v) is 4.00. The lowest BCUT2D eigenvalue weighted by atomic mass is 10.0. The van der Waals surface area contributed by atoms with Crippen molar-refractivity contribution in [2.75, 3.05) is 7.11 Å². The van der Waals surface area contributed by atoms with Crippen LogP contribution in [0.4, 0.5) is 0 Å². The Hall–Kier alpha value is -2.14. The van der Waals surface area contributed by atoms with Crippen molar-refractivity contribution in [3.8, 4) is 5.75 Å². The topological polar surface area (TPSA) is 85.4 Å². The van der Waals surface area contributed by atoms with Crippen LogP contribution in [0.15, 0.2) is 30.5 Å². The van der Waals surface area contributed by atoms with Gasteiger partial charge in [0, 0.05) is 17.6 Å². The van der Waals surface area contributed by atoms with Crippen molar-refractivity contribution in [3.05, 3.63) is 36.0 Å². The van der Waals surface area contributed by atoms with Gasteiger partial charge in [-0.15, -0.1) is 0 Å². The zero-order valence-electron chi connectivity index (χ0n) is 9.96. The third-order valence-corrected chi connectivity index (χ3v) is 2.80. The second kappa shape index (κ2) is 5.01. The van der Waals surface area contributed by atoms with E-state index in [0.29, 0.717) is 0 Å². The monoisotopic (exact) mass is 246 g/mol. The standard InChI is InChI=1S/C13H14N2O3/c1-18-9-2-3-10-8(6-11(14)13(16)17)4-5-15-12(10)7-9/h2-5,7,11H,6,14H2,1H3,(H,16,17). The fourth-order valence-electron chi connectivity index (χ4n) is 1.82. The Bertz CT molecular complexity index is 583. The van der Waals surface area contributed by atoms with Crippen LogP contribution in [-0.4, -0.2) is 29.2 Å². The second-order valence-electron chi connectivity index (χ2n) is 4.00. The molecular weight excluding hydrogens is 232 g/mol. The summed E-state index contributed by atoms with van der Waals surface area (Å²) in [6, 6.07) is 6.38. The van der Waals surface area contributed by atoms with Gasteiger partial charge in [-0.2, -0.15) is 0 Å². The molecule has 0 fully saturated rings. The maximum Gasteiger partial charge on any atom is 0.320 e. The highest BCUT2D eigenvalue weighted by Gasteiger charge is 2.14. The van der Waals surface area contributed by atoms with E-state index in [4.69, 9.17) is 15.6 Å². The van der Waals surface area contributed by atoms with Crippen molar-refractivity contribution >= 4 is 16.9 Å². The van der Waals surface area contributed by atoms with Crippen LogP contribution in [0.2, 0.25) is 0 Å². The first kappa shape index (κ1) is 12.3. The summed E-state index contributed by atoms with van der Waals surface area (Å²) in [4.78, 5) is 15.0. The lowest BCUT2D eigenvalue weighted by molar-refractivity contribution is -0.138. The number of pyridine rings is 1. The maximum atomic E-state index is 10.8. The van der Waals surface area contributed by atoms with Gasteiger partial charge in [0.2, 0.25) is 0 Å². The Morgan fingerprint density at radius 2 is 2.28 bits per heavy atom. The molecule has 1 aromatic heterocycles. The van der Waals surface area contributed by atoms with Gasteiger partial charge < -0.3 is 15.6 Å². The number of hydrogen-bond donors (Lipinski definition) is 2. The number of nitrogens with two attached hydrogens (primary N) is 1. The molecule has 0 radical (unpaired) electrons. The average molecular weight is 246 g/mol. The molecule has 0 bridgehead atoms. The molecule has 0 aliphatic rings. The van der Waals surface area contributed by atoms with Gasteiger partial charge in [-0.25, -0.2) is 0 Å². The lowest BCUT2D eigenvalue weighted by Crippen LogP contribution is -2.32. The summed E-state index contributed by atoms with van der Waals surface area (Å²) < 4.78 is 5.12. The summed E-state index contributed by atoms with van der Waals surface area (Å²) in [5.74, 6) is -0.289. The van der Waals surface area contributed by atoms with Crippen LogP contribution in [-0.2, 0) is 11.2 Å². The Morgan fingerprint density at radius 1 is 1.50 bits per heavy atom. The largest absolute Gasteiger partial charge is 0.497 e. The van der Waals surface area contributed by atoms with Crippen LogP contribution in [0.1, 0.15) is 5.56 Å². The van der Waals surface area contributed by atoms with Crippen LogP contribution < -0.4 is 10.5 Å². The summed E-state index contributed by atoms with van der Waals surface area (Å²) in [6.07, 6.45) is 1.92. The number of carboxylic acid groups (broad SMARTS) is 1. The van der Waals surface area contributed by atoms with Crippen molar-refractivity contribution in [1.29, 1.82) is 0 Å². The van der Waals surface area contributed by atoms with Gasteiger partial charge in [-0.3, -0.25) is 9.78 Å². The molecule has 5 heteroatoms. The van der Waals surface area contributed by atoms with E-state index < -0.39 is 12.0 Å². The van der Waals surface area contributed by atoms with Gasteiger partial charge in [0.25, 0.3) is 0 Å². The zero-order valence-corrected chi connectivity index (χ0v) is 9.96. The lowest BCUT2D eigenvalue weighted by Gasteiger charge is -2.10. The van der Waals surface area contributed by atoms with E-state index in [1.54, 1.807) is 19.4 Å². The minimum atomic E-state index is -1.01. The van der Waals surface area contributed by atoms with Gasteiger partial charge in [-0.05, 0) is 30.2 Å². The average Bonchev–Trinajstić information content (AvgIpc) is 2.38. The predicted molar refractivity (Wildman–Crippen MR) is 67.6 cm³/mol. The zero-order chi connectivity index (χ0) is 13.1. The highest BCUT2D eigenvalue weighted by atomic mass is 16.5. The molecule has 1 aromatic carbocycles. The molecule has 94 valence electrons. The minimum absolute atomic E-state index is 0.278. The molecule has 3 N–H and O–H groups in total. The third kappa shape index (κ3) is 2.41. The normalized spacial score (nSPS) is 12.3. The molecule has 0 amide bonds. The van der Waals surface area contributed by atoms with Gasteiger partial charge in [-0.1, -0.05) is 0 Å². The summed E-state index contributed by atoms with van der Waals surface area (Å²) in [5.41, 5.74) is 7.19. The maximum absolute atomic E-state index is 10.8. The van der Waals surface area contributed by atoms with E-state index in [1.807, 2.05) is 18.2 Å². The SMILES string of the molecule is COc1ccc2c(CC(N)C(=O)O)ccnc2c1. The molecule has 5 nitrogen and oxygen atoms in total. The van der Waals surface area contributed by atoms with Crippen LogP contribution in [0.25, 0.3) is 10.9 Å². The van der Waals surface area contributed by atoms with E-state index >= 15 is 0 Å². The number of fused-ring (bicyclic) bond motifs is 1. The number of aliphatic carboxylic acids is 1. The number of nitrogens with zero attached hydrogens (tertiary/aromatic N) is 1. The molecule has 0 aliphatic carbocycles. The van der Waals surface area contributed by atoms with Crippen molar-refractivity contribution in [2.45, 2.75) is 12.5 Å². The Labute approximate surface area is 104 Å². The Balaban J connectivity index is 2.42. The molecule has 0 aliphatic heterocycles. The highest BCUT2D eigenvalue weighted by Crippen LogP contribution is 2.22. The number of ether oxygens (including phenoxy) is 1. The van der Waals surface area contributed by atoms with Crippen LogP contribution in [0.3, 0.4) is 0 Å². The Kier molecular flexibility index (Phi) is 3.43. The van der Waals surface area contributed by atoms with Gasteiger partial charge in [0.1, 0.15) is 11.8 Å². The fourth-order valence-corrected chi connectivity index (χ4v) is 1.82. The van der Waals surface area contributed by atoms with Crippen molar-refractivity contribution in [1.82, 2.24) is 4.98 Å². The van der Waals surface area contributed by atoms with Crippen molar-refractivity contribution in [2.24, 2.45) is 5.73 Å². The number of rotatable bonds is 4. The summed E-state index contributed by atoms with van der Waals surface area (Å²) in [5, 5.41) is 9.74. The van der Waals surface area contributed by atoms with E-state index in [1.165, 1.54) is 0 Å². The summed E-state index contributed by atoms with van der Waals surface area (Å²) in [6.45, 7) is 0. The molecule has 0 saturated heterocycles. The first-order valence-corrected chi connectivity index (χ1v) is 5.52. The smallest absolute Gasteiger partial charge is 0.320 e. The van der Waals surface area contributed by atoms with Crippen LogP contribution in [0.5, 0.6) is 5.75 Å². The highest BCUT2D eigenvalue weighted by molar-refractivity contribution is 5.84. The van der Waals surface area contributed by atoms with Crippen LogP contribution >= 0.6 is 0 Å². The van der Waals surface area contributed by atoms with Crippen molar-refractivity contribution in [3.63, 3.8) is 0 Å². The number of hydrogen-bond acceptors (Lipinski definition) is 4. The Morgan fingerprint density at radius 3 is 2.94 bits per heavy atom. The molecule has 0 saturated carbocycles. The molecule has 18 heavy (non-hydrogen) atoms. The number of benzene rings is 1. The number of methoxy groups -OCH3 is 1. The summed E-state index contributed by atoms with van der Waals surface area (Å²) in [7, 11) is 1.59. The van der Waals surface area contributed by atoms with Crippen molar-refractivity contribution < 1.29 is 14.6 Å². The van der Waals surface area contributed by atoms with Gasteiger partial charge >= 0.3 is 5.97 Å². The molecule has 2 rings (SSSR count).